The number of nitrogen functional groups attached to an aromatic ring is 1. The van der Waals surface area contributed by atoms with E-state index in [0.717, 1.165) is 15.0 Å². The molecule has 0 bridgehead atoms. The second-order valence-corrected chi connectivity index (χ2v) is 6.73. The summed E-state index contributed by atoms with van der Waals surface area (Å²) in [6.45, 7) is 2.39. The summed E-state index contributed by atoms with van der Waals surface area (Å²) in [5, 5.41) is 2.02. The van der Waals surface area contributed by atoms with E-state index in [0.29, 0.717) is 17.8 Å². The second-order valence-electron chi connectivity index (χ2n) is 4.44. The van der Waals surface area contributed by atoms with Crippen molar-refractivity contribution in [3.8, 4) is 0 Å². The van der Waals surface area contributed by atoms with Gasteiger partial charge in [-0.15, -0.1) is 11.3 Å². The lowest BCUT2D eigenvalue weighted by Crippen LogP contribution is -2.27. The summed E-state index contributed by atoms with van der Waals surface area (Å²) in [5.74, 6) is 5.34. The van der Waals surface area contributed by atoms with E-state index in [1.165, 1.54) is 0 Å². The first-order valence-electron chi connectivity index (χ1n) is 5.93. The number of hydrazine groups is 1. The lowest BCUT2D eigenvalue weighted by atomic mass is 10.2. The van der Waals surface area contributed by atoms with Crippen molar-refractivity contribution < 1.29 is 4.79 Å². The van der Waals surface area contributed by atoms with Crippen LogP contribution in [0.3, 0.4) is 0 Å². The van der Waals surface area contributed by atoms with Gasteiger partial charge < -0.3 is 10.3 Å². The van der Waals surface area contributed by atoms with Crippen LogP contribution in [0.2, 0.25) is 0 Å². The number of thiophene rings is 1. The molecule has 0 aliphatic carbocycles. The van der Waals surface area contributed by atoms with Crippen LogP contribution in [0.25, 0.3) is 0 Å². The van der Waals surface area contributed by atoms with Gasteiger partial charge in [-0.25, -0.2) is 0 Å². The van der Waals surface area contributed by atoms with Gasteiger partial charge in [0.15, 0.2) is 0 Å². The van der Waals surface area contributed by atoms with Gasteiger partial charge in [-0.3, -0.25) is 15.6 Å². The van der Waals surface area contributed by atoms with E-state index >= 15 is 0 Å². The van der Waals surface area contributed by atoms with Gasteiger partial charge in [0.05, 0.1) is 15.0 Å². The standard InChI is InChI=1S/C13H15BrN4OS/c1-8-3-11(17-15)10(5-16-8)13(19)18(2)6-9-4-12(14)20-7-9/h3-5,7H,6,15H2,1-2H3,(H,16,17). The minimum absolute atomic E-state index is 0.118. The molecule has 106 valence electrons. The molecule has 0 atom stereocenters. The number of anilines is 1. The molecule has 0 unspecified atom stereocenters. The summed E-state index contributed by atoms with van der Waals surface area (Å²) < 4.78 is 1.05. The molecule has 0 saturated heterocycles. The third-order valence-electron chi connectivity index (χ3n) is 2.81. The van der Waals surface area contributed by atoms with Gasteiger partial charge in [0, 0.05) is 25.5 Å². The SMILES string of the molecule is Cc1cc(NN)c(C(=O)N(C)Cc2csc(Br)c2)cn1. The van der Waals surface area contributed by atoms with Crippen molar-refractivity contribution in [3.63, 3.8) is 0 Å². The number of amides is 1. The molecule has 2 aromatic rings. The number of hydrogen-bond donors (Lipinski definition) is 2. The molecule has 2 rings (SSSR count). The molecular formula is C13H15BrN4OS. The van der Waals surface area contributed by atoms with Crippen LogP contribution in [0.5, 0.6) is 0 Å². The van der Waals surface area contributed by atoms with Crippen LogP contribution in [0.1, 0.15) is 21.6 Å². The molecule has 2 aromatic heterocycles. The molecule has 0 fully saturated rings. The maximum absolute atomic E-state index is 12.4. The van der Waals surface area contributed by atoms with E-state index in [4.69, 9.17) is 5.84 Å². The highest BCUT2D eigenvalue weighted by molar-refractivity contribution is 9.11. The molecule has 0 spiro atoms. The van der Waals surface area contributed by atoms with E-state index in [1.54, 1.807) is 35.5 Å². The zero-order valence-electron chi connectivity index (χ0n) is 11.2. The number of halogens is 1. The summed E-state index contributed by atoms with van der Waals surface area (Å²) in [6.07, 6.45) is 1.55. The molecule has 3 N–H and O–H groups in total. The molecule has 0 aromatic carbocycles. The third-order valence-corrected chi connectivity index (χ3v) is 4.37. The highest BCUT2D eigenvalue weighted by atomic mass is 79.9. The Morgan fingerprint density at radius 3 is 2.90 bits per heavy atom. The first-order valence-corrected chi connectivity index (χ1v) is 7.60. The van der Waals surface area contributed by atoms with Gasteiger partial charge in [0.2, 0.25) is 0 Å². The van der Waals surface area contributed by atoms with Crippen LogP contribution in [0.15, 0.2) is 27.5 Å². The number of rotatable bonds is 4. The predicted octanol–water partition coefficient (Wildman–Crippen LogP) is 2.77. The minimum atomic E-state index is -0.118. The average molecular weight is 355 g/mol. The van der Waals surface area contributed by atoms with Crippen molar-refractivity contribution in [1.29, 1.82) is 0 Å². The van der Waals surface area contributed by atoms with Crippen LogP contribution >= 0.6 is 27.3 Å². The van der Waals surface area contributed by atoms with Crippen molar-refractivity contribution in [2.45, 2.75) is 13.5 Å². The number of hydrogen-bond acceptors (Lipinski definition) is 5. The molecule has 20 heavy (non-hydrogen) atoms. The first kappa shape index (κ1) is 15.0. The second kappa shape index (κ2) is 6.34. The molecule has 0 aliphatic rings. The van der Waals surface area contributed by atoms with E-state index in [9.17, 15) is 4.79 Å². The average Bonchev–Trinajstić information content (AvgIpc) is 2.83. The molecule has 0 radical (unpaired) electrons. The topological polar surface area (TPSA) is 71.2 Å². The van der Waals surface area contributed by atoms with Crippen LogP contribution < -0.4 is 11.3 Å². The van der Waals surface area contributed by atoms with Crippen LogP contribution in [-0.2, 0) is 6.54 Å². The Bertz CT molecular complexity index is 629. The maximum Gasteiger partial charge on any atom is 0.257 e. The fourth-order valence-corrected chi connectivity index (χ4v) is 3.03. The number of nitrogens with one attached hydrogen (secondary N) is 1. The summed E-state index contributed by atoms with van der Waals surface area (Å²) >= 11 is 5.01. The number of carbonyl (C=O) groups is 1. The van der Waals surface area contributed by atoms with E-state index in [1.807, 2.05) is 18.4 Å². The molecule has 0 aliphatic heterocycles. The van der Waals surface area contributed by atoms with Crippen molar-refractivity contribution in [3.05, 3.63) is 44.3 Å². The Labute approximate surface area is 129 Å². The fourth-order valence-electron chi connectivity index (χ4n) is 1.83. The third kappa shape index (κ3) is 3.36. The normalized spacial score (nSPS) is 10.4. The van der Waals surface area contributed by atoms with Crippen molar-refractivity contribution in [1.82, 2.24) is 9.88 Å². The van der Waals surface area contributed by atoms with Crippen molar-refractivity contribution in [2.24, 2.45) is 5.84 Å². The van der Waals surface area contributed by atoms with Crippen LogP contribution in [0, 0.1) is 6.92 Å². The van der Waals surface area contributed by atoms with E-state index in [-0.39, 0.29) is 5.91 Å². The molecule has 7 heteroatoms. The van der Waals surface area contributed by atoms with Gasteiger partial charge in [0.1, 0.15) is 0 Å². The number of nitrogens with zero attached hydrogens (tertiary/aromatic N) is 2. The van der Waals surface area contributed by atoms with Gasteiger partial charge in [-0.2, -0.15) is 0 Å². The summed E-state index contributed by atoms with van der Waals surface area (Å²) in [7, 11) is 1.76. The van der Waals surface area contributed by atoms with Crippen molar-refractivity contribution in [2.75, 3.05) is 12.5 Å². The monoisotopic (exact) mass is 354 g/mol. The van der Waals surface area contributed by atoms with E-state index in [2.05, 4.69) is 26.3 Å². The van der Waals surface area contributed by atoms with Crippen LogP contribution in [-0.4, -0.2) is 22.8 Å². The molecule has 5 nitrogen and oxygen atoms in total. The smallest absolute Gasteiger partial charge is 0.257 e. The van der Waals surface area contributed by atoms with Crippen molar-refractivity contribution >= 4 is 38.9 Å². The Morgan fingerprint density at radius 2 is 2.30 bits per heavy atom. The Hall–Kier alpha value is -1.44. The number of aromatic nitrogens is 1. The first-order chi connectivity index (χ1) is 9.51. The zero-order chi connectivity index (χ0) is 14.7. The predicted molar refractivity (Wildman–Crippen MR) is 84.6 cm³/mol. The highest BCUT2D eigenvalue weighted by Crippen LogP contribution is 2.22. The minimum Gasteiger partial charge on any atom is -0.337 e. The van der Waals surface area contributed by atoms with Gasteiger partial charge in [-0.1, -0.05) is 0 Å². The number of nitrogens with two attached hydrogens (primary N) is 1. The highest BCUT2D eigenvalue weighted by Gasteiger charge is 2.17. The van der Waals surface area contributed by atoms with Gasteiger partial charge in [0.25, 0.3) is 5.91 Å². The van der Waals surface area contributed by atoms with E-state index < -0.39 is 0 Å². The number of aryl methyl sites for hydroxylation is 1. The molecule has 0 saturated carbocycles. The van der Waals surface area contributed by atoms with Crippen LogP contribution in [0.4, 0.5) is 5.69 Å². The quantitative estimate of drug-likeness (QED) is 0.654. The number of carbonyl (C=O) groups excluding carboxylic acids is 1. The lowest BCUT2D eigenvalue weighted by molar-refractivity contribution is 0.0785. The number of pyridine rings is 1. The Morgan fingerprint density at radius 1 is 1.55 bits per heavy atom. The Balaban J connectivity index is 2.18. The maximum atomic E-state index is 12.4. The zero-order valence-corrected chi connectivity index (χ0v) is 13.6. The largest absolute Gasteiger partial charge is 0.337 e. The van der Waals surface area contributed by atoms with Gasteiger partial charge >= 0.3 is 0 Å². The van der Waals surface area contributed by atoms with Gasteiger partial charge in [-0.05, 0) is 45.9 Å². The fraction of sp³-hybridized carbons (Fsp3) is 0.231. The Kier molecular flexibility index (Phi) is 4.74. The molecular weight excluding hydrogens is 340 g/mol. The molecule has 1 amide bonds. The lowest BCUT2D eigenvalue weighted by Gasteiger charge is -2.18. The molecule has 2 heterocycles. The summed E-state index contributed by atoms with van der Waals surface area (Å²) in [6, 6.07) is 3.76. The summed E-state index contributed by atoms with van der Waals surface area (Å²) in [5.41, 5.74) is 5.49. The summed E-state index contributed by atoms with van der Waals surface area (Å²) in [4.78, 5) is 18.2.